The quantitative estimate of drug-likeness (QED) is 0.668. The minimum atomic E-state index is 0.552. The first kappa shape index (κ1) is 14.3. The van der Waals surface area contributed by atoms with Gasteiger partial charge in [0, 0.05) is 38.9 Å². The molecule has 0 atom stereocenters. The highest BCUT2D eigenvalue weighted by Gasteiger charge is 2.05. The van der Waals surface area contributed by atoms with Crippen molar-refractivity contribution < 1.29 is 9.47 Å². The maximum absolute atomic E-state index is 5.77. The second-order valence-electron chi connectivity index (χ2n) is 3.77. The lowest BCUT2D eigenvalue weighted by molar-refractivity contribution is 0.190. The number of benzene rings is 1. The Bertz CT molecular complexity index is 295. The number of methoxy groups -OCH3 is 2. The number of hydrogen-bond acceptors (Lipinski definition) is 3. The van der Waals surface area contributed by atoms with Crippen molar-refractivity contribution in [2.45, 2.75) is 5.88 Å². The SMILES string of the molecule is COCCN(CCOC)c1ccc(CCl)cc1. The molecular weight excluding hydrogens is 238 g/mol. The van der Waals surface area contributed by atoms with Crippen molar-refractivity contribution in [3.63, 3.8) is 0 Å². The summed E-state index contributed by atoms with van der Waals surface area (Å²) in [7, 11) is 3.43. The van der Waals surface area contributed by atoms with E-state index in [2.05, 4.69) is 29.2 Å². The Morgan fingerprint density at radius 2 is 1.53 bits per heavy atom. The monoisotopic (exact) mass is 257 g/mol. The Hall–Kier alpha value is -0.770. The van der Waals surface area contributed by atoms with Gasteiger partial charge in [-0.25, -0.2) is 0 Å². The third-order valence-electron chi connectivity index (χ3n) is 2.59. The minimum absolute atomic E-state index is 0.552. The molecule has 1 rings (SSSR count). The third kappa shape index (κ3) is 4.94. The highest BCUT2D eigenvalue weighted by Crippen LogP contribution is 2.16. The van der Waals surface area contributed by atoms with Crippen LogP contribution in [-0.2, 0) is 15.4 Å². The van der Waals surface area contributed by atoms with Gasteiger partial charge in [0.1, 0.15) is 0 Å². The predicted octanol–water partition coefficient (Wildman–Crippen LogP) is 2.52. The van der Waals surface area contributed by atoms with Gasteiger partial charge in [-0.1, -0.05) is 12.1 Å². The molecule has 96 valence electrons. The van der Waals surface area contributed by atoms with Gasteiger partial charge < -0.3 is 14.4 Å². The molecule has 0 aliphatic carbocycles. The van der Waals surface area contributed by atoms with Crippen LogP contribution in [0.4, 0.5) is 5.69 Å². The Kier molecular flexibility index (Phi) is 7.01. The highest BCUT2D eigenvalue weighted by atomic mass is 35.5. The molecule has 0 aromatic heterocycles. The second kappa shape index (κ2) is 8.34. The van der Waals surface area contributed by atoms with E-state index >= 15 is 0 Å². The number of rotatable bonds is 8. The molecule has 0 amide bonds. The van der Waals surface area contributed by atoms with E-state index < -0.39 is 0 Å². The van der Waals surface area contributed by atoms with Crippen LogP contribution >= 0.6 is 11.6 Å². The average molecular weight is 258 g/mol. The van der Waals surface area contributed by atoms with E-state index in [1.54, 1.807) is 14.2 Å². The molecular formula is C13H20ClNO2. The van der Waals surface area contributed by atoms with Crippen LogP contribution in [0.2, 0.25) is 0 Å². The number of nitrogens with zero attached hydrogens (tertiary/aromatic N) is 1. The van der Waals surface area contributed by atoms with E-state index in [1.807, 2.05) is 0 Å². The van der Waals surface area contributed by atoms with Gasteiger partial charge in [0.25, 0.3) is 0 Å². The van der Waals surface area contributed by atoms with Gasteiger partial charge in [-0.05, 0) is 17.7 Å². The molecule has 1 aromatic rings. The molecule has 0 saturated heterocycles. The first-order valence-corrected chi connectivity index (χ1v) is 6.23. The van der Waals surface area contributed by atoms with Crippen molar-refractivity contribution in [3.05, 3.63) is 29.8 Å². The highest BCUT2D eigenvalue weighted by molar-refractivity contribution is 6.17. The molecule has 0 heterocycles. The lowest BCUT2D eigenvalue weighted by Gasteiger charge is -2.24. The fourth-order valence-electron chi connectivity index (χ4n) is 1.57. The van der Waals surface area contributed by atoms with Gasteiger partial charge in [0.05, 0.1) is 13.2 Å². The molecule has 0 spiro atoms. The van der Waals surface area contributed by atoms with Crippen LogP contribution in [0.5, 0.6) is 0 Å². The first-order chi connectivity index (χ1) is 8.31. The van der Waals surface area contributed by atoms with E-state index in [4.69, 9.17) is 21.1 Å². The van der Waals surface area contributed by atoms with Crippen LogP contribution in [-0.4, -0.2) is 40.5 Å². The first-order valence-electron chi connectivity index (χ1n) is 5.69. The summed E-state index contributed by atoms with van der Waals surface area (Å²) in [6.07, 6.45) is 0. The molecule has 3 nitrogen and oxygen atoms in total. The summed E-state index contributed by atoms with van der Waals surface area (Å²) >= 11 is 5.77. The molecule has 17 heavy (non-hydrogen) atoms. The van der Waals surface area contributed by atoms with Gasteiger partial charge in [-0.15, -0.1) is 11.6 Å². The lowest BCUT2D eigenvalue weighted by atomic mass is 10.2. The van der Waals surface area contributed by atoms with Crippen molar-refractivity contribution in [2.24, 2.45) is 0 Å². The largest absolute Gasteiger partial charge is 0.383 e. The number of hydrogen-bond donors (Lipinski definition) is 0. The summed E-state index contributed by atoms with van der Waals surface area (Å²) in [5, 5.41) is 0. The van der Waals surface area contributed by atoms with Crippen LogP contribution < -0.4 is 4.90 Å². The molecule has 4 heteroatoms. The number of ether oxygens (including phenoxy) is 2. The van der Waals surface area contributed by atoms with Gasteiger partial charge in [-0.3, -0.25) is 0 Å². The van der Waals surface area contributed by atoms with Crippen LogP contribution in [0, 0.1) is 0 Å². The van der Waals surface area contributed by atoms with Crippen LogP contribution in [0.15, 0.2) is 24.3 Å². The Balaban J connectivity index is 2.65. The summed E-state index contributed by atoms with van der Waals surface area (Å²) in [5.74, 6) is 0.552. The van der Waals surface area contributed by atoms with Crippen molar-refractivity contribution >= 4 is 17.3 Å². The van der Waals surface area contributed by atoms with E-state index in [9.17, 15) is 0 Å². The number of halogens is 1. The Morgan fingerprint density at radius 1 is 1.00 bits per heavy atom. The number of alkyl halides is 1. The standard InChI is InChI=1S/C13H20ClNO2/c1-16-9-7-15(8-10-17-2)13-5-3-12(11-14)4-6-13/h3-6H,7-11H2,1-2H3. The second-order valence-corrected chi connectivity index (χ2v) is 4.04. The summed E-state index contributed by atoms with van der Waals surface area (Å²) in [5.41, 5.74) is 2.31. The molecule has 0 N–H and O–H groups in total. The summed E-state index contributed by atoms with van der Waals surface area (Å²) in [6.45, 7) is 3.14. The molecule has 1 aromatic carbocycles. The van der Waals surface area contributed by atoms with E-state index in [0.717, 1.165) is 18.7 Å². The molecule has 0 radical (unpaired) electrons. The van der Waals surface area contributed by atoms with Crippen LogP contribution in [0.3, 0.4) is 0 Å². The normalized spacial score (nSPS) is 10.5. The molecule has 0 fully saturated rings. The fraction of sp³-hybridized carbons (Fsp3) is 0.538. The van der Waals surface area contributed by atoms with E-state index in [0.29, 0.717) is 19.1 Å². The minimum Gasteiger partial charge on any atom is -0.383 e. The molecule has 0 bridgehead atoms. The Labute approximate surface area is 108 Å². The smallest absolute Gasteiger partial charge is 0.0637 e. The van der Waals surface area contributed by atoms with Crippen molar-refractivity contribution in [2.75, 3.05) is 45.4 Å². The summed E-state index contributed by atoms with van der Waals surface area (Å²) < 4.78 is 10.2. The zero-order valence-corrected chi connectivity index (χ0v) is 11.2. The molecule has 0 aliphatic rings. The molecule has 0 unspecified atom stereocenters. The summed E-state index contributed by atoms with van der Waals surface area (Å²) in [6, 6.07) is 8.27. The average Bonchev–Trinajstić information content (AvgIpc) is 2.39. The molecule has 0 saturated carbocycles. The van der Waals surface area contributed by atoms with Gasteiger partial charge >= 0.3 is 0 Å². The molecule has 0 aliphatic heterocycles. The summed E-state index contributed by atoms with van der Waals surface area (Å²) in [4.78, 5) is 2.24. The maximum atomic E-state index is 5.77. The van der Waals surface area contributed by atoms with E-state index in [-0.39, 0.29) is 0 Å². The zero-order chi connectivity index (χ0) is 12.5. The fourth-order valence-corrected chi connectivity index (χ4v) is 1.75. The van der Waals surface area contributed by atoms with Crippen molar-refractivity contribution in [3.8, 4) is 0 Å². The topological polar surface area (TPSA) is 21.7 Å². The van der Waals surface area contributed by atoms with E-state index in [1.165, 1.54) is 5.69 Å². The van der Waals surface area contributed by atoms with Gasteiger partial charge in [0.2, 0.25) is 0 Å². The van der Waals surface area contributed by atoms with Crippen molar-refractivity contribution in [1.29, 1.82) is 0 Å². The third-order valence-corrected chi connectivity index (χ3v) is 2.90. The van der Waals surface area contributed by atoms with Gasteiger partial charge in [-0.2, -0.15) is 0 Å². The van der Waals surface area contributed by atoms with Crippen LogP contribution in [0.1, 0.15) is 5.56 Å². The number of anilines is 1. The van der Waals surface area contributed by atoms with Crippen molar-refractivity contribution in [1.82, 2.24) is 0 Å². The predicted molar refractivity (Wildman–Crippen MR) is 72.0 cm³/mol. The van der Waals surface area contributed by atoms with Crippen LogP contribution in [0.25, 0.3) is 0 Å². The van der Waals surface area contributed by atoms with Gasteiger partial charge in [0.15, 0.2) is 0 Å². The Morgan fingerprint density at radius 3 is 1.94 bits per heavy atom. The lowest BCUT2D eigenvalue weighted by Crippen LogP contribution is -2.30. The zero-order valence-electron chi connectivity index (χ0n) is 10.5. The maximum Gasteiger partial charge on any atom is 0.0637 e.